The fraction of sp³-hybridized carbons (Fsp3) is 0. The quantitative estimate of drug-likeness (QED) is 0.149. The average Bonchev–Trinajstić information content (AvgIpc) is 3.93. The maximum absolute atomic E-state index is 6.72. The van der Waals surface area contributed by atoms with E-state index in [-0.39, 0.29) is 0 Å². The van der Waals surface area contributed by atoms with E-state index in [1.165, 1.54) is 48.9 Å². The van der Waals surface area contributed by atoms with Crippen LogP contribution in [0.5, 0.6) is 0 Å². The Morgan fingerprint density at radius 1 is 0.323 bits per heavy atom. The topological polar surface area (TPSA) is 21.3 Å². The lowest BCUT2D eigenvalue weighted by molar-refractivity contribution is 0.670. The molecule has 0 amide bonds. The van der Waals surface area contributed by atoms with Crippen LogP contribution >= 0.6 is 0 Å². The Kier molecular flexibility index (Phi) is 8.53. The summed E-state index contributed by atoms with van der Waals surface area (Å²) in [6.07, 6.45) is 0. The van der Waals surface area contributed by atoms with Gasteiger partial charge in [0.15, 0.2) is 0 Å². The summed E-state index contributed by atoms with van der Waals surface area (Å²) in [6, 6.07) is 87.8. The molecule has 0 saturated carbocycles. The molecule has 0 fully saturated rings. The third kappa shape index (κ3) is 5.97. The van der Waals surface area contributed by atoms with E-state index in [2.05, 4.69) is 246 Å². The Labute approximate surface area is 376 Å². The summed E-state index contributed by atoms with van der Waals surface area (Å²) in [7, 11) is 0. The van der Waals surface area contributed by atoms with Crippen LogP contribution in [0.25, 0.3) is 104 Å². The van der Waals surface area contributed by atoms with Crippen molar-refractivity contribution in [2.75, 3.05) is 4.90 Å². The minimum Gasteiger partial charge on any atom is -0.455 e. The van der Waals surface area contributed by atoms with Gasteiger partial charge in [-0.25, -0.2) is 0 Å². The predicted molar refractivity (Wildman–Crippen MR) is 274 cm³/mol. The highest BCUT2D eigenvalue weighted by Gasteiger charge is 2.24. The lowest BCUT2D eigenvalue weighted by Crippen LogP contribution is -2.13. The van der Waals surface area contributed by atoms with E-state index in [4.69, 9.17) is 4.42 Å². The van der Waals surface area contributed by atoms with E-state index in [1.54, 1.807) is 0 Å². The van der Waals surface area contributed by atoms with E-state index >= 15 is 0 Å². The zero-order chi connectivity index (χ0) is 42.8. The standard InChI is InChI=1S/C62H40N2O/c1-2-20-46-41(17-1)35-36-44-39-43(37-38-47(44)46)42-18-15-19-45(40-42)63(57-30-10-7-25-52(57)54-27-16-28-55-53-26-8-14-34-61(53)65-62(54)55)56-29-9-3-21-48(56)49-22-4-11-31-58(49)64-59-32-12-5-23-50(59)51-24-6-13-33-60(51)64/h1-40H. The number of para-hydroxylation sites is 7. The van der Waals surface area contributed by atoms with Crippen molar-refractivity contribution in [3.05, 3.63) is 243 Å². The molecule has 0 unspecified atom stereocenters. The molecule has 0 N–H and O–H groups in total. The Morgan fingerprint density at radius 3 is 1.65 bits per heavy atom. The Bertz CT molecular complexity index is 3930. The van der Waals surface area contributed by atoms with Crippen molar-refractivity contribution in [2.24, 2.45) is 0 Å². The van der Waals surface area contributed by atoms with Gasteiger partial charge in [0.1, 0.15) is 11.2 Å². The third-order valence-electron chi connectivity index (χ3n) is 13.2. The van der Waals surface area contributed by atoms with Gasteiger partial charge in [-0.1, -0.05) is 188 Å². The zero-order valence-electron chi connectivity index (χ0n) is 35.4. The van der Waals surface area contributed by atoms with E-state index in [0.717, 1.165) is 72.5 Å². The van der Waals surface area contributed by atoms with Crippen LogP contribution in [0.3, 0.4) is 0 Å². The highest BCUT2D eigenvalue weighted by Crippen LogP contribution is 2.48. The van der Waals surface area contributed by atoms with Crippen LogP contribution in [0.2, 0.25) is 0 Å². The molecule has 65 heavy (non-hydrogen) atoms. The number of fused-ring (bicyclic) bond motifs is 9. The molecule has 0 bridgehead atoms. The van der Waals surface area contributed by atoms with Crippen molar-refractivity contribution in [3.63, 3.8) is 0 Å². The smallest absolute Gasteiger partial charge is 0.143 e. The summed E-state index contributed by atoms with van der Waals surface area (Å²) in [5, 5.41) is 9.69. The van der Waals surface area contributed by atoms with Crippen molar-refractivity contribution >= 4 is 82.4 Å². The van der Waals surface area contributed by atoms with Gasteiger partial charge in [-0.3, -0.25) is 0 Å². The van der Waals surface area contributed by atoms with E-state index in [0.29, 0.717) is 0 Å². The predicted octanol–water partition coefficient (Wildman–Crippen LogP) is 17.5. The summed E-state index contributed by atoms with van der Waals surface area (Å²) in [6.45, 7) is 0. The van der Waals surface area contributed by atoms with Crippen LogP contribution in [-0.2, 0) is 0 Å². The zero-order valence-corrected chi connectivity index (χ0v) is 35.4. The molecule has 0 aliphatic carbocycles. The summed E-state index contributed by atoms with van der Waals surface area (Å²) in [5.74, 6) is 0. The molecule has 13 rings (SSSR count). The number of furan rings is 1. The summed E-state index contributed by atoms with van der Waals surface area (Å²) in [5.41, 5.74) is 15.1. The van der Waals surface area contributed by atoms with Gasteiger partial charge in [0.2, 0.25) is 0 Å². The number of anilines is 3. The first kappa shape index (κ1) is 36.9. The molecule has 304 valence electrons. The van der Waals surface area contributed by atoms with Crippen molar-refractivity contribution in [3.8, 4) is 39.1 Å². The summed E-state index contributed by atoms with van der Waals surface area (Å²) in [4.78, 5) is 2.45. The maximum Gasteiger partial charge on any atom is 0.143 e. The number of aromatic nitrogens is 1. The van der Waals surface area contributed by atoms with Crippen LogP contribution in [0.15, 0.2) is 247 Å². The van der Waals surface area contributed by atoms with Gasteiger partial charge in [0.25, 0.3) is 0 Å². The van der Waals surface area contributed by atoms with E-state index in [1.807, 2.05) is 6.07 Å². The molecule has 3 heteroatoms. The van der Waals surface area contributed by atoms with Crippen LogP contribution in [0, 0.1) is 0 Å². The SMILES string of the molecule is c1cc(-c2ccc3c(ccc4ccccc43)c2)cc(N(c2ccccc2-c2ccccc2-n2c3ccccc3c3ccccc32)c2ccccc2-c2cccc3c2oc2ccccc23)c1. The molecule has 11 aromatic carbocycles. The van der Waals surface area contributed by atoms with Gasteiger partial charge in [0, 0.05) is 49.5 Å². The maximum atomic E-state index is 6.72. The van der Waals surface area contributed by atoms with Crippen molar-refractivity contribution in [2.45, 2.75) is 0 Å². The summed E-state index contributed by atoms with van der Waals surface area (Å²) >= 11 is 0. The molecule has 0 radical (unpaired) electrons. The second-order valence-corrected chi connectivity index (χ2v) is 16.8. The second kappa shape index (κ2) is 15.0. The minimum absolute atomic E-state index is 0.878. The average molecular weight is 829 g/mol. The second-order valence-electron chi connectivity index (χ2n) is 16.8. The number of rotatable bonds is 7. The molecule has 0 atom stereocenters. The van der Waals surface area contributed by atoms with Crippen molar-refractivity contribution in [1.29, 1.82) is 0 Å². The van der Waals surface area contributed by atoms with Crippen molar-refractivity contribution in [1.82, 2.24) is 4.57 Å². The molecule has 2 aromatic heterocycles. The Balaban J connectivity index is 1.05. The lowest BCUT2D eigenvalue weighted by Gasteiger charge is -2.30. The molecule has 3 nitrogen and oxygen atoms in total. The van der Waals surface area contributed by atoms with Gasteiger partial charge in [-0.2, -0.15) is 0 Å². The lowest BCUT2D eigenvalue weighted by atomic mass is 9.95. The molecule has 0 aliphatic heterocycles. The van der Waals surface area contributed by atoms with Crippen LogP contribution in [-0.4, -0.2) is 4.57 Å². The van der Waals surface area contributed by atoms with Gasteiger partial charge in [-0.05, 0) is 87.3 Å². The first-order chi connectivity index (χ1) is 32.3. The number of hydrogen-bond acceptors (Lipinski definition) is 2. The molecular formula is C62H40N2O. The Hall–Kier alpha value is -8.66. The van der Waals surface area contributed by atoms with Gasteiger partial charge in [-0.15, -0.1) is 0 Å². The van der Waals surface area contributed by atoms with Crippen LogP contribution in [0.1, 0.15) is 0 Å². The van der Waals surface area contributed by atoms with E-state index in [9.17, 15) is 0 Å². The van der Waals surface area contributed by atoms with Crippen LogP contribution < -0.4 is 4.90 Å². The number of hydrogen-bond donors (Lipinski definition) is 0. The third-order valence-corrected chi connectivity index (χ3v) is 13.2. The molecule has 0 spiro atoms. The molecular weight excluding hydrogens is 789 g/mol. The number of nitrogens with zero attached hydrogens (tertiary/aromatic N) is 2. The first-order valence-electron chi connectivity index (χ1n) is 22.3. The molecule has 13 aromatic rings. The van der Waals surface area contributed by atoms with Gasteiger partial charge in [0.05, 0.1) is 28.1 Å². The molecule has 0 saturated heterocycles. The normalized spacial score (nSPS) is 11.7. The largest absolute Gasteiger partial charge is 0.455 e. The molecule has 0 aliphatic rings. The highest BCUT2D eigenvalue weighted by molar-refractivity contribution is 6.13. The Morgan fingerprint density at radius 2 is 0.862 bits per heavy atom. The number of benzene rings is 11. The molecule has 2 heterocycles. The van der Waals surface area contributed by atoms with Crippen LogP contribution in [0.4, 0.5) is 17.1 Å². The fourth-order valence-corrected chi connectivity index (χ4v) is 10.3. The van der Waals surface area contributed by atoms with Gasteiger partial charge >= 0.3 is 0 Å². The fourth-order valence-electron chi connectivity index (χ4n) is 10.3. The first-order valence-corrected chi connectivity index (χ1v) is 22.3. The summed E-state index contributed by atoms with van der Waals surface area (Å²) < 4.78 is 9.15. The highest BCUT2D eigenvalue weighted by atomic mass is 16.3. The van der Waals surface area contributed by atoms with Gasteiger partial charge < -0.3 is 13.9 Å². The van der Waals surface area contributed by atoms with Crippen molar-refractivity contribution < 1.29 is 4.42 Å². The monoisotopic (exact) mass is 828 g/mol. The van der Waals surface area contributed by atoms with E-state index < -0.39 is 0 Å². The minimum atomic E-state index is 0.878.